The number of hydrogen-bond acceptors (Lipinski definition) is 3. The highest BCUT2D eigenvalue weighted by Gasteiger charge is 2.17. The highest BCUT2D eigenvalue weighted by Crippen LogP contribution is 2.17. The van der Waals surface area contributed by atoms with Crippen molar-refractivity contribution < 1.29 is 14.3 Å². The third-order valence-electron chi connectivity index (χ3n) is 4.58. The van der Waals surface area contributed by atoms with Gasteiger partial charge in [0.1, 0.15) is 6.54 Å². The van der Waals surface area contributed by atoms with Crippen LogP contribution in [0, 0.1) is 0 Å². The molecule has 0 aliphatic rings. The number of halogens is 1. The maximum Gasteiger partial charge on any atom is 0.325 e. The number of carbonyl (C=O) groups is 2. The average Bonchev–Trinajstić information content (AvgIpc) is 2.66. The molecule has 1 aromatic rings. The first-order valence-electron chi connectivity index (χ1n) is 10.2. The molecule has 1 aromatic carbocycles. The molecule has 0 fully saturated rings. The van der Waals surface area contributed by atoms with Gasteiger partial charge in [-0.05, 0) is 34.5 Å². The average molecular weight is 440 g/mol. The highest BCUT2D eigenvalue weighted by atomic mass is 79.9. The zero-order chi connectivity index (χ0) is 19.9. The standard InChI is InChI=1S/C22H34BrNO3/c1-3-4-5-6-7-8-9-10-11-14-17-27-21(25)18-24(2)22(26)19-15-12-13-16-20(19)23/h12-13,15-16H,3-11,14,17-18H2,1-2H3. The van der Waals surface area contributed by atoms with Gasteiger partial charge in [-0.15, -0.1) is 0 Å². The van der Waals surface area contributed by atoms with Crippen LogP contribution in [-0.2, 0) is 9.53 Å². The summed E-state index contributed by atoms with van der Waals surface area (Å²) in [5.74, 6) is -0.549. The molecule has 0 aliphatic heterocycles. The van der Waals surface area contributed by atoms with Crippen LogP contribution in [0.25, 0.3) is 0 Å². The van der Waals surface area contributed by atoms with Crippen LogP contribution in [0.4, 0.5) is 0 Å². The Kier molecular flexibility index (Phi) is 12.9. The molecule has 0 unspecified atom stereocenters. The second-order valence-electron chi connectivity index (χ2n) is 7.04. The van der Waals surface area contributed by atoms with Gasteiger partial charge in [0.05, 0.1) is 12.2 Å². The molecule has 0 saturated carbocycles. The summed E-state index contributed by atoms with van der Waals surface area (Å²) in [7, 11) is 1.61. The minimum absolute atomic E-state index is 0.0298. The predicted octanol–water partition coefficient (Wildman–Crippen LogP) is 5.99. The Bertz CT molecular complexity index is 562. The molecule has 0 N–H and O–H groups in total. The van der Waals surface area contributed by atoms with Gasteiger partial charge in [-0.1, -0.05) is 76.8 Å². The first-order valence-corrected chi connectivity index (χ1v) is 11.0. The Labute approximate surface area is 172 Å². The summed E-state index contributed by atoms with van der Waals surface area (Å²) in [6.45, 7) is 2.65. The fourth-order valence-corrected chi connectivity index (χ4v) is 3.38. The number of likely N-dealkylation sites (N-methyl/N-ethyl adjacent to an activating group) is 1. The molecular weight excluding hydrogens is 406 g/mol. The van der Waals surface area contributed by atoms with Crippen LogP contribution in [0.5, 0.6) is 0 Å². The molecule has 152 valence electrons. The van der Waals surface area contributed by atoms with E-state index in [2.05, 4.69) is 22.9 Å². The Morgan fingerprint density at radius 2 is 1.48 bits per heavy atom. The fraction of sp³-hybridized carbons (Fsp3) is 0.636. The lowest BCUT2D eigenvalue weighted by molar-refractivity contribution is -0.144. The lowest BCUT2D eigenvalue weighted by Crippen LogP contribution is -2.33. The number of ether oxygens (including phenoxy) is 1. The van der Waals surface area contributed by atoms with Crippen molar-refractivity contribution in [2.75, 3.05) is 20.2 Å². The highest BCUT2D eigenvalue weighted by molar-refractivity contribution is 9.10. The maximum absolute atomic E-state index is 12.3. The molecule has 0 bridgehead atoms. The summed E-state index contributed by atoms with van der Waals surface area (Å²) in [6, 6.07) is 7.19. The maximum atomic E-state index is 12.3. The SMILES string of the molecule is CCCCCCCCCCCCOC(=O)CN(C)C(=O)c1ccccc1Br. The van der Waals surface area contributed by atoms with Crippen molar-refractivity contribution in [1.82, 2.24) is 4.90 Å². The van der Waals surface area contributed by atoms with Gasteiger partial charge in [0.15, 0.2) is 0 Å². The molecule has 0 aliphatic carbocycles. The molecule has 27 heavy (non-hydrogen) atoms. The van der Waals surface area contributed by atoms with Crippen molar-refractivity contribution in [3.63, 3.8) is 0 Å². The number of benzene rings is 1. The van der Waals surface area contributed by atoms with Crippen molar-refractivity contribution in [2.24, 2.45) is 0 Å². The largest absolute Gasteiger partial charge is 0.464 e. The monoisotopic (exact) mass is 439 g/mol. The Balaban J connectivity index is 2.07. The molecule has 0 spiro atoms. The summed E-state index contributed by atoms with van der Waals surface area (Å²) < 4.78 is 5.98. The van der Waals surface area contributed by atoms with Crippen LogP contribution >= 0.6 is 15.9 Å². The molecule has 4 nitrogen and oxygen atoms in total. The third kappa shape index (κ3) is 10.5. The van der Waals surface area contributed by atoms with Gasteiger partial charge in [-0.3, -0.25) is 9.59 Å². The first kappa shape index (κ1) is 23.7. The number of amides is 1. The van der Waals surface area contributed by atoms with Crippen LogP contribution < -0.4 is 0 Å². The summed E-state index contributed by atoms with van der Waals surface area (Å²) in [6.07, 6.45) is 12.5. The van der Waals surface area contributed by atoms with E-state index in [1.54, 1.807) is 19.2 Å². The van der Waals surface area contributed by atoms with Crippen molar-refractivity contribution in [2.45, 2.75) is 71.1 Å². The van der Waals surface area contributed by atoms with E-state index in [-0.39, 0.29) is 18.4 Å². The van der Waals surface area contributed by atoms with Gasteiger partial charge in [0, 0.05) is 11.5 Å². The topological polar surface area (TPSA) is 46.6 Å². The van der Waals surface area contributed by atoms with E-state index < -0.39 is 0 Å². The normalized spacial score (nSPS) is 10.6. The van der Waals surface area contributed by atoms with E-state index in [0.717, 1.165) is 17.3 Å². The zero-order valence-corrected chi connectivity index (χ0v) is 18.4. The minimum atomic E-state index is -0.353. The molecule has 0 atom stereocenters. The summed E-state index contributed by atoms with van der Waals surface area (Å²) in [5.41, 5.74) is 0.544. The second-order valence-corrected chi connectivity index (χ2v) is 7.90. The van der Waals surface area contributed by atoms with E-state index in [4.69, 9.17) is 4.74 Å². The van der Waals surface area contributed by atoms with E-state index in [0.29, 0.717) is 12.2 Å². The number of carbonyl (C=O) groups excluding carboxylic acids is 2. The predicted molar refractivity (Wildman–Crippen MR) is 114 cm³/mol. The summed E-state index contributed by atoms with van der Waals surface area (Å²) >= 11 is 3.36. The van der Waals surface area contributed by atoms with Crippen LogP contribution in [-0.4, -0.2) is 37.0 Å². The molecule has 0 saturated heterocycles. The molecule has 0 aromatic heterocycles. The lowest BCUT2D eigenvalue weighted by Gasteiger charge is -2.17. The Morgan fingerprint density at radius 3 is 2.07 bits per heavy atom. The van der Waals surface area contributed by atoms with Gasteiger partial charge in [0.25, 0.3) is 5.91 Å². The lowest BCUT2D eigenvalue weighted by atomic mass is 10.1. The van der Waals surface area contributed by atoms with Gasteiger partial charge < -0.3 is 9.64 Å². The molecule has 0 heterocycles. The van der Waals surface area contributed by atoms with E-state index in [1.807, 2.05) is 12.1 Å². The number of rotatable bonds is 14. The Morgan fingerprint density at radius 1 is 0.926 bits per heavy atom. The molecule has 1 amide bonds. The van der Waals surface area contributed by atoms with Crippen LogP contribution in [0.15, 0.2) is 28.7 Å². The van der Waals surface area contributed by atoms with E-state index in [9.17, 15) is 9.59 Å². The second kappa shape index (κ2) is 14.7. The number of nitrogens with zero attached hydrogens (tertiary/aromatic N) is 1. The molecule has 1 rings (SSSR count). The van der Waals surface area contributed by atoms with Crippen molar-refractivity contribution in [1.29, 1.82) is 0 Å². The quantitative estimate of drug-likeness (QED) is 0.264. The zero-order valence-electron chi connectivity index (χ0n) is 16.8. The number of unbranched alkanes of at least 4 members (excludes halogenated alkanes) is 9. The van der Waals surface area contributed by atoms with Crippen molar-refractivity contribution >= 4 is 27.8 Å². The van der Waals surface area contributed by atoms with Gasteiger partial charge in [-0.25, -0.2) is 0 Å². The smallest absolute Gasteiger partial charge is 0.325 e. The van der Waals surface area contributed by atoms with Crippen LogP contribution in [0.1, 0.15) is 81.5 Å². The summed E-state index contributed by atoms with van der Waals surface area (Å²) in [5, 5.41) is 0. The molecule has 5 heteroatoms. The van der Waals surface area contributed by atoms with Crippen LogP contribution in [0.3, 0.4) is 0 Å². The van der Waals surface area contributed by atoms with Gasteiger partial charge >= 0.3 is 5.97 Å². The van der Waals surface area contributed by atoms with Gasteiger partial charge in [-0.2, -0.15) is 0 Å². The fourth-order valence-electron chi connectivity index (χ4n) is 2.93. The van der Waals surface area contributed by atoms with E-state index >= 15 is 0 Å². The minimum Gasteiger partial charge on any atom is -0.464 e. The van der Waals surface area contributed by atoms with E-state index in [1.165, 1.54) is 56.3 Å². The molecule has 0 radical (unpaired) electrons. The van der Waals surface area contributed by atoms with Crippen molar-refractivity contribution in [3.05, 3.63) is 34.3 Å². The first-order chi connectivity index (χ1) is 13.1. The van der Waals surface area contributed by atoms with Crippen molar-refractivity contribution in [3.8, 4) is 0 Å². The number of hydrogen-bond donors (Lipinski definition) is 0. The summed E-state index contributed by atoms with van der Waals surface area (Å²) in [4.78, 5) is 25.6. The van der Waals surface area contributed by atoms with Gasteiger partial charge in [0.2, 0.25) is 0 Å². The number of esters is 1. The Hall–Kier alpha value is -1.36. The third-order valence-corrected chi connectivity index (χ3v) is 5.27. The molecular formula is C22H34BrNO3. The van der Waals surface area contributed by atoms with Crippen LogP contribution in [0.2, 0.25) is 0 Å².